The van der Waals surface area contributed by atoms with E-state index in [0.29, 0.717) is 12.0 Å². The summed E-state index contributed by atoms with van der Waals surface area (Å²) in [5.41, 5.74) is 10.2. The first-order valence-corrected chi connectivity index (χ1v) is 10.8. The number of nitrogens with two attached hydrogens (primary N) is 1. The van der Waals surface area contributed by atoms with Gasteiger partial charge in [-0.15, -0.1) is 0 Å². The molecule has 2 N–H and O–H groups in total. The molecule has 0 aromatic heterocycles. The molecule has 27 heavy (non-hydrogen) atoms. The second-order valence-electron chi connectivity index (χ2n) is 7.95. The summed E-state index contributed by atoms with van der Waals surface area (Å²) in [6, 6.07) is 17.7. The van der Waals surface area contributed by atoms with Crippen LogP contribution in [0.25, 0.3) is 0 Å². The van der Waals surface area contributed by atoms with Crippen molar-refractivity contribution in [2.45, 2.75) is 77.4 Å². The summed E-state index contributed by atoms with van der Waals surface area (Å²) in [6.07, 6.45) is 9.48. The van der Waals surface area contributed by atoms with Gasteiger partial charge in [-0.1, -0.05) is 69.2 Å². The molecule has 2 aromatic rings. The highest BCUT2D eigenvalue weighted by Gasteiger charge is 2.31. The Morgan fingerprint density at radius 2 is 1.81 bits per heavy atom. The lowest BCUT2D eigenvalue weighted by Crippen LogP contribution is -2.26. The maximum absolute atomic E-state index is 6.69. The Morgan fingerprint density at radius 1 is 1.04 bits per heavy atom. The molecular weight excluding hydrogens is 330 g/mol. The minimum absolute atomic E-state index is 0.169. The summed E-state index contributed by atoms with van der Waals surface area (Å²) >= 11 is 0. The molecule has 2 heteroatoms. The molecule has 0 amide bonds. The lowest BCUT2D eigenvalue weighted by atomic mass is 9.78. The van der Waals surface area contributed by atoms with Gasteiger partial charge in [0.15, 0.2) is 0 Å². The van der Waals surface area contributed by atoms with Crippen LogP contribution in [0.5, 0.6) is 5.75 Å². The number of fused-ring (bicyclic) bond motifs is 1. The lowest BCUT2D eigenvalue weighted by Gasteiger charge is -2.34. The molecule has 0 fully saturated rings. The number of aryl methyl sites for hydroxylation is 2. The zero-order chi connectivity index (χ0) is 19.1. The molecule has 0 heterocycles. The van der Waals surface area contributed by atoms with Crippen LogP contribution in [0.1, 0.15) is 75.2 Å². The average molecular weight is 366 g/mol. The van der Waals surface area contributed by atoms with Gasteiger partial charge in [-0.05, 0) is 61.3 Å². The van der Waals surface area contributed by atoms with Crippen molar-refractivity contribution in [1.29, 1.82) is 0 Å². The molecule has 0 spiro atoms. The van der Waals surface area contributed by atoms with Gasteiger partial charge >= 0.3 is 0 Å². The SMILES string of the molecule is CCc1ccccc1O[C@H]1c2ccccc2CC[C@@H]1CCCC[C@@H](N)CC. The van der Waals surface area contributed by atoms with Crippen LogP contribution in [0.4, 0.5) is 0 Å². The first-order chi connectivity index (χ1) is 13.2. The van der Waals surface area contributed by atoms with Crippen molar-refractivity contribution >= 4 is 0 Å². The van der Waals surface area contributed by atoms with Crippen LogP contribution >= 0.6 is 0 Å². The predicted octanol–water partition coefficient (Wildman–Crippen LogP) is 6.23. The number of hydrogen-bond acceptors (Lipinski definition) is 2. The van der Waals surface area contributed by atoms with Crippen molar-refractivity contribution in [2.75, 3.05) is 0 Å². The monoisotopic (exact) mass is 365 g/mol. The summed E-state index contributed by atoms with van der Waals surface area (Å²) in [5, 5.41) is 0. The summed E-state index contributed by atoms with van der Waals surface area (Å²) in [7, 11) is 0. The number of ether oxygens (including phenoxy) is 1. The van der Waals surface area contributed by atoms with Crippen LogP contribution in [-0.2, 0) is 12.8 Å². The fourth-order valence-electron chi connectivity index (χ4n) is 4.31. The Morgan fingerprint density at radius 3 is 2.63 bits per heavy atom. The van der Waals surface area contributed by atoms with Gasteiger partial charge in [-0.2, -0.15) is 0 Å². The summed E-state index contributed by atoms with van der Waals surface area (Å²) in [6.45, 7) is 4.38. The van der Waals surface area contributed by atoms with Crippen LogP contribution in [0, 0.1) is 5.92 Å². The zero-order valence-corrected chi connectivity index (χ0v) is 17.0. The minimum Gasteiger partial charge on any atom is -0.485 e. The Kier molecular flexibility index (Phi) is 7.34. The molecular formula is C25H35NO. The van der Waals surface area contributed by atoms with Crippen LogP contribution < -0.4 is 10.5 Å². The van der Waals surface area contributed by atoms with Crippen molar-refractivity contribution in [2.24, 2.45) is 11.7 Å². The number of para-hydroxylation sites is 1. The summed E-state index contributed by atoms with van der Waals surface area (Å²) in [4.78, 5) is 0. The van der Waals surface area contributed by atoms with E-state index in [2.05, 4.69) is 62.4 Å². The van der Waals surface area contributed by atoms with E-state index in [1.807, 2.05) is 0 Å². The van der Waals surface area contributed by atoms with E-state index in [1.165, 1.54) is 48.8 Å². The smallest absolute Gasteiger partial charge is 0.127 e. The van der Waals surface area contributed by atoms with Crippen molar-refractivity contribution in [3.8, 4) is 5.75 Å². The number of unbranched alkanes of at least 4 members (excludes halogenated alkanes) is 1. The third-order valence-electron chi connectivity index (χ3n) is 6.11. The Hall–Kier alpha value is -1.80. The van der Waals surface area contributed by atoms with E-state index in [9.17, 15) is 0 Å². The topological polar surface area (TPSA) is 35.2 Å². The van der Waals surface area contributed by atoms with Gasteiger partial charge in [0.05, 0.1) is 0 Å². The van der Waals surface area contributed by atoms with Crippen molar-refractivity contribution in [3.05, 3.63) is 65.2 Å². The highest BCUT2D eigenvalue weighted by Crippen LogP contribution is 2.41. The third kappa shape index (κ3) is 5.13. The molecule has 2 nitrogen and oxygen atoms in total. The van der Waals surface area contributed by atoms with Crippen LogP contribution in [0.3, 0.4) is 0 Å². The first kappa shape index (κ1) is 19.9. The summed E-state index contributed by atoms with van der Waals surface area (Å²) in [5.74, 6) is 1.64. The third-order valence-corrected chi connectivity index (χ3v) is 6.11. The van der Waals surface area contributed by atoms with Gasteiger partial charge in [0, 0.05) is 12.0 Å². The first-order valence-electron chi connectivity index (χ1n) is 10.8. The second-order valence-corrected chi connectivity index (χ2v) is 7.95. The van der Waals surface area contributed by atoms with E-state index in [1.54, 1.807) is 0 Å². The van der Waals surface area contributed by atoms with Gasteiger partial charge in [0.25, 0.3) is 0 Å². The molecule has 0 saturated heterocycles. The predicted molar refractivity (Wildman–Crippen MR) is 114 cm³/mol. The minimum atomic E-state index is 0.169. The quantitative estimate of drug-likeness (QED) is 0.535. The molecule has 0 aliphatic heterocycles. The average Bonchev–Trinajstić information content (AvgIpc) is 2.72. The van der Waals surface area contributed by atoms with Crippen LogP contribution in [0.15, 0.2) is 48.5 Å². The van der Waals surface area contributed by atoms with E-state index >= 15 is 0 Å². The van der Waals surface area contributed by atoms with Gasteiger partial charge in [-0.3, -0.25) is 0 Å². The maximum Gasteiger partial charge on any atom is 0.127 e. The molecule has 0 bridgehead atoms. The lowest BCUT2D eigenvalue weighted by molar-refractivity contribution is 0.110. The number of hydrogen-bond donors (Lipinski definition) is 1. The molecule has 1 aliphatic rings. The molecule has 146 valence electrons. The van der Waals surface area contributed by atoms with Crippen molar-refractivity contribution in [3.63, 3.8) is 0 Å². The molecule has 0 saturated carbocycles. The van der Waals surface area contributed by atoms with Gasteiger partial charge in [0.1, 0.15) is 11.9 Å². The van der Waals surface area contributed by atoms with E-state index < -0.39 is 0 Å². The number of rotatable bonds is 9. The van der Waals surface area contributed by atoms with Gasteiger partial charge < -0.3 is 10.5 Å². The van der Waals surface area contributed by atoms with E-state index in [4.69, 9.17) is 10.5 Å². The molecule has 1 aliphatic carbocycles. The van der Waals surface area contributed by atoms with Crippen molar-refractivity contribution < 1.29 is 4.74 Å². The molecule has 0 unspecified atom stereocenters. The van der Waals surface area contributed by atoms with E-state index in [-0.39, 0.29) is 6.10 Å². The van der Waals surface area contributed by atoms with E-state index in [0.717, 1.165) is 25.0 Å². The fourth-order valence-corrected chi connectivity index (χ4v) is 4.31. The molecule has 2 aromatic carbocycles. The second kappa shape index (κ2) is 9.94. The van der Waals surface area contributed by atoms with Gasteiger partial charge in [0.2, 0.25) is 0 Å². The van der Waals surface area contributed by atoms with Crippen LogP contribution in [0.2, 0.25) is 0 Å². The molecule has 3 rings (SSSR count). The Labute approximate surface area is 165 Å². The Balaban J connectivity index is 1.74. The largest absolute Gasteiger partial charge is 0.485 e. The normalized spacial score (nSPS) is 20.1. The van der Waals surface area contributed by atoms with Gasteiger partial charge in [-0.25, -0.2) is 0 Å². The van der Waals surface area contributed by atoms with Crippen LogP contribution in [-0.4, -0.2) is 6.04 Å². The zero-order valence-electron chi connectivity index (χ0n) is 17.0. The molecule has 0 radical (unpaired) electrons. The maximum atomic E-state index is 6.69. The number of benzene rings is 2. The summed E-state index contributed by atoms with van der Waals surface area (Å²) < 4.78 is 6.69. The standard InChI is InChI=1S/C25H35NO/c1-3-19-11-7-10-16-24(19)27-25-21(13-5-8-14-22(26)4-2)18-17-20-12-6-9-15-23(20)25/h6-7,9-12,15-16,21-22,25H,3-5,8,13-14,17-18,26H2,1-2H3/t21-,22-,25+/m0/s1. The highest BCUT2D eigenvalue weighted by atomic mass is 16.5. The highest BCUT2D eigenvalue weighted by molar-refractivity contribution is 5.37. The molecule has 3 atom stereocenters. The Bertz CT molecular complexity index is 711. The van der Waals surface area contributed by atoms with Crippen molar-refractivity contribution in [1.82, 2.24) is 0 Å². The fraction of sp³-hybridized carbons (Fsp3) is 0.520.